The normalized spacial score (nSPS) is 10.1. The molecule has 0 radical (unpaired) electrons. The zero-order valence-corrected chi connectivity index (χ0v) is 11.5. The maximum Gasteiger partial charge on any atom is 0.338 e. The number of esters is 1. The number of rotatable bonds is 5. The van der Waals surface area contributed by atoms with Crippen molar-refractivity contribution < 1.29 is 14.3 Å². The highest BCUT2D eigenvalue weighted by atomic mass is 79.9. The van der Waals surface area contributed by atoms with Crippen LogP contribution >= 0.6 is 15.9 Å². The van der Waals surface area contributed by atoms with E-state index in [-0.39, 0.29) is 5.78 Å². The average Bonchev–Trinajstić information content (AvgIpc) is 2.29. The van der Waals surface area contributed by atoms with Crippen LogP contribution in [0.2, 0.25) is 0 Å². The van der Waals surface area contributed by atoms with Crippen molar-refractivity contribution in [3.8, 4) is 0 Å². The Hall–Kier alpha value is -1.16. The van der Waals surface area contributed by atoms with Crippen LogP contribution < -0.4 is 0 Å². The molecule has 1 aromatic rings. The number of Topliss-reactive ketones (excluding diaryl/α,β-unsaturated/α-hetero) is 1. The van der Waals surface area contributed by atoms with E-state index < -0.39 is 5.97 Å². The van der Waals surface area contributed by atoms with Gasteiger partial charge in [-0.05, 0) is 25.5 Å². The molecule has 0 heterocycles. The number of carbonyl (C=O) groups excluding carboxylic acids is 2. The molecule has 0 spiro atoms. The van der Waals surface area contributed by atoms with Gasteiger partial charge in [0.15, 0.2) is 5.78 Å². The lowest BCUT2D eigenvalue weighted by Gasteiger charge is -2.10. The largest absolute Gasteiger partial charge is 0.462 e. The van der Waals surface area contributed by atoms with Gasteiger partial charge in [-0.15, -0.1) is 0 Å². The van der Waals surface area contributed by atoms with Gasteiger partial charge in [-0.2, -0.15) is 0 Å². The zero-order valence-electron chi connectivity index (χ0n) is 9.96. The molecule has 4 heteroatoms. The van der Waals surface area contributed by atoms with Gasteiger partial charge in [-0.1, -0.05) is 28.1 Å². The number of benzene rings is 1. The average molecular weight is 299 g/mol. The van der Waals surface area contributed by atoms with Crippen molar-refractivity contribution in [3.05, 3.63) is 34.9 Å². The van der Waals surface area contributed by atoms with Crippen LogP contribution in [0.5, 0.6) is 0 Å². The standard InChI is InChI=1S/C13H15BrO3/c1-3-17-13(16)10-6-4-5-9(2)12(10)11(15)7-8-14/h4-6H,3,7-8H2,1-2H3. The summed E-state index contributed by atoms with van der Waals surface area (Å²) in [6.07, 6.45) is 0.372. The number of ketones is 1. The summed E-state index contributed by atoms with van der Waals surface area (Å²) < 4.78 is 4.95. The number of halogens is 1. The topological polar surface area (TPSA) is 43.4 Å². The lowest BCUT2D eigenvalue weighted by Crippen LogP contribution is -2.13. The fourth-order valence-electron chi connectivity index (χ4n) is 1.63. The summed E-state index contributed by atoms with van der Waals surface area (Å²) in [4.78, 5) is 23.7. The molecular weight excluding hydrogens is 284 g/mol. The van der Waals surface area contributed by atoms with E-state index in [0.29, 0.717) is 29.5 Å². The number of carbonyl (C=O) groups is 2. The third-order valence-electron chi connectivity index (χ3n) is 2.37. The van der Waals surface area contributed by atoms with Crippen molar-refractivity contribution in [2.45, 2.75) is 20.3 Å². The summed E-state index contributed by atoms with van der Waals surface area (Å²) in [5.74, 6) is -0.475. The van der Waals surface area contributed by atoms with Crippen LogP contribution in [0.4, 0.5) is 0 Å². The second-order valence-corrected chi connectivity index (χ2v) is 4.37. The summed E-state index contributed by atoms with van der Waals surface area (Å²) in [6, 6.07) is 5.21. The van der Waals surface area contributed by atoms with E-state index in [2.05, 4.69) is 15.9 Å². The molecule has 92 valence electrons. The minimum Gasteiger partial charge on any atom is -0.462 e. The van der Waals surface area contributed by atoms with Crippen LogP contribution in [0, 0.1) is 6.92 Å². The first-order valence-electron chi connectivity index (χ1n) is 5.47. The van der Waals surface area contributed by atoms with Gasteiger partial charge in [0.05, 0.1) is 12.2 Å². The van der Waals surface area contributed by atoms with E-state index in [4.69, 9.17) is 4.74 Å². The Kier molecular flexibility index (Phi) is 5.35. The van der Waals surface area contributed by atoms with Crippen LogP contribution in [0.3, 0.4) is 0 Å². The van der Waals surface area contributed by atoms with Crippen LogP contribution in [-0.4, -0.2) is 23.7 Å². The maximum absolute atomic E-state index is 12.0. The SMILES string of the molecule is CCOC(=O)c1cccc(C)c1C(=O)CCBr. The summed E-state index contributed by atoms with van der Waals surface area (Å²) in [6.45, 7) is 3.87. The van der Waals surface area contributed by atoms with E-state index >= 15 is 0 Å². The predicted molar refractivity (Wildman–Crippen MR) is 69.9 cm³/mol. The third kappa shape index (κ3) is 3.40. The Bertz CT molecular complexity index is 427. The Balaban J connectivity index is 3.17. The fraction of sp³-hybridized carbons (Fsp3) is 0.385. The molecule has 0 saturated carbocycles. The van der Waals surface area contributed by atoms with Gasteiger partial charge in [0.1, 0.15) is 0 Å². The van der Waals surface area contributed by atoms with Gasteiger partial charge >= 0.3 is 5.97 Å². The van der Waals surface area contributed by atoms with Gasteiger partial charge in [0.2, 0.25) is 0 Å². The van der Waals surface area contributed by atoms with E-state index in [0.717, 1.165) is 5.56 Å². The van der Waals surface area contributed by atoms with Crippen LogP contribution in [0.15, 0.2) is 18.2 Å². The molecule has 0 aliphatic rings. The molecular formula is C13H15BrO3. The fourth-order valence-corrected chi connectivity index (χ4v) is 1.99. The minimum atomic E-state index is -0.436. The molecule has 0 aliphatic carbocycles. The van der Waals surface area contributed by atoms with Gasteiger partial charge in [0.25, 0.3) is 0 Å². The number of hydrogen-bond acceptors (Lipinski definition) is 3. The van der Waals surface area contributed by atoms with Gasteiger partial charge < -0.3 is 4.74 Å². The van der Waals surface area contributed by atoms with Gasteiger partial charge in [-0.3, -0.25) is 4.79 Å². The first kappa shape index (κ1) is 13.9. The molecule has 1 aromatic carbocycles. The first-order valence-corrected chi connectivity index (χ1v) is 6.59. The van der Waals surface area contributed by atoms with Crippen LogP contribution in [0.25, 0.3) is 0 Å². The highest BCUT2D eigenvalue weighted by Gasteiger charge is 2.19. The van der Waals surface area contributed by atoms with E-state index in [9.17, 15) is 9.59 Å². The molecule has 1 rings (SSSR count). The van der Waals surface area contributed by atoms with Crippen molar-refractivity contribution in [2.75, 3.05) is 11.9 Å². The second-order valence-electron chi connectivity index (χ2n) is 3.58. The molecule has 17 heavy (non-hydrogen) atoms. The smallest absolute Gasteiger partial charge is 0.338 e. The molecule has 0 atom stereocenters. The number of ether oxygens (including phenoxy) is 1. The molecule has 0 amide bonds. The minimum absolute atomic E-state index is 0.0389. The molecule has 0 aliphatic heterocycles. The number of aryl methyl sites for hydroxylation is 1. The lowest BCUT2D eigenvalue weighted by atomic mass is 9.97. The quantitative estimate of drug-likeness (QED) is 0.476. The highest BCUT2D eigenvalue weighted by molar-refractivity contribution is 9.09. The van der Waals surface area contributed by atoms with E-state index in [1.54, 1.807) is 19.1 Å². The molecule has 0 saturated heterocycles. The molecule has 0 N–H and O–H groups in total. The van der Waals surface area contributed by atoms with Gasteiger partial charge in [0, 0.05) is 17.3 Å². The Morgan fingerprint density at radius 1 is 1.35 bits per heavy atom. The van der Waals surface area contributed by atoms with E-state index in [1.165, 1.54) is 0 Å². The molecule has 3 nitrogen and oxygen atoms in total. The van der Waals surface area contributed by atoms with Crippen LogP contribution in [0.1, 0.15) is 39.6 Å². The lowest BCUT2D eigenvalue weighted by molar-refractivity contribution is 0.0523. The third-order valence-corrected chi connectivity index (χ3v) is 2.77. The number of hydrogen-bond donors (Lipinski definition) is 0. The van der Waals surface area contributed by atoms with Gasteiger partial charge in [-0.25, -0.2) is 4.79 Å². The Morgan fingerprint density at radius 2 is 2.06 bits per heavy atom. The van der Waals surface area contributed by atoms with Crippen molar-refractivity contribution in [1.29, 1.82) is 0 Å². The predicted octanol–water partition coefficient (Wildman–Crippen LogP) is 3.14. The Labute approximate surface area is 109 Å². The molecule has 0 fully saturated rings. The number of alkyl halides is 1. The van der Waals surface area contributed by atoms with E-state index in [1.807, 2.05) is 13.0 Å². The molecule has 0 aromatic heterocycles. The monoisotopic (exact) mass is 298 g/mol. The molecule has 0 bridgehead atoms. The summed E-state index contributed by atoms with van der Waals surface area (Å²) in [5, 5.41) is 0.586. The molecule has 0 unspecified atom stereocenters. The van der Waals surface area contributed by atoms with Crippen molar-refractivity contribution >= 4 is 27.7 Å². The van der Waals surface area contributed by atoms with Crippen molar-refractivity contribution in [2.24, 2.45) is 0 Å². The van der Waals surface area contributed by atoms with Crippen LogP contribution in [-0.2, 0) is 4.74 Å². The Morgan fingerprint density at radius 3 is 2.65 bits per heavy atom. The summed E-state index contributed by atoms with van der Waals surface area (Å²) in [7, 11) is 0. The van der Waals surface area contributed by atoms with Crippen molar-refractivity contribution in [1.82, 2.24) is 0 Å². The second kappa shape index (κ2) is 6.55. The first-order chi connectivity index (χ1) is 8.11. The summed E-state index contributed by atoms with van der Waals surface area (Å²) in [5.41, 5.74) is 1.64. The zero-order chi connectivity index (χ0) is 12.8. The highest BCUT2D eigenvalue weighted by Crippen LogP contribution is 2.18. The van der Waals surface area contributed by atoms with Crippen molar-refractivity contribution in [3.63, 3.8) is 0 Å². The summed E-state index contributed by atoms with van der Waals surface area (Å²) >= 11 is 3.23. The maximum atomic E-state index is 12.0.